The number of methoxy groups -OCH3 is 1. The highest BCUT2D eigenvalue weighted by Crippen LogP contribution is 2.38. The Morgan fingerprint density at radius 2 is 1.70 bits per heavy atom. The van der Waals surface area contributed by atoms with Crippen LogP contribution in [-0.4, -0.2) is 47.9 Å². The van der Waals surface area contributed by atoms with Crippen molar-refractivity contribution in [2.24, 2.45) is 0 Å². The number of aliphatic hydroxyl groups excluding tert-OH is 1. The van der Waals surface area contributed by atoms with Gasteiger partial charge in [-0.15, -0.1) is 4.65 Å². The summed E-state index contributed by atoms with van der Waals surface area (Å²) in [6, 6.07) is 6.97. The Balaban J connectivity index is 1.80. The second-order valence-corrected chi connectivity index (χ2v) is 7.73. The number of aliphatic hydroxyl groups is 1. The number of rotatable bonds is 6. The van der Waals surface area contributed by atoms with Crippen LogP contribution in [0.4, 0.5) is 0 Å². The van der Waals surface area contributed by atoms with E-state index in [0.29, 0.717) is 24.6 Å². The van der Waals surface area contributed by atoms with Crippen LogP contribution in [0.3, 0.4) is 0 Å². The van der Waals surface area contributed by atoms with E-state index in [9.17, 15) is 14.7 Å². The number of carbonyl (C=O) groups is 2. The molecular weight excluding hydrogens is 346 g/mol. The third kappa shape index (κ3) is 4.01. The third-order valence-electron chi connectivity index (χ3n) is 6.15. The minimum atomic E-state index is -1.35. The molecule has 0 spiro atoms. The lowest BCUT2D eigenvalue weighted by molar-refractivity contribution is -1.09. The van der Waals surface area contributed by atoms with Crippen molar-refractivity contribution in [3.63, 3.8) is 0 Å². The molecule has 3 rings (SSSR count). The summed E-state index contributed by atoms with van der Waals surface area (Å²) in [5.74, 6) is -0.726. The van der Waals surface area contributed by atoms with E-state index in [-0.39, 0.29) is 4.65 Å². The van der Waals surface area contributed by atoms with Crippen LogP contribution < -0.4 is 0 Å². The van der Waals surface area contributed by atoms with E-state index in [1.54, 1.807) is 13.0 Å². The molecule has 6 nitrogen and oxygen atoms in total. The van der Waals surface area contributed by atoms with Gasteiger partial charge in [-0.1, -0.05) is 37.1 Å². The van der Waals surface area contributed by atoms with E-state index in [4.69, 9.17) is 9.57 Å². The highest BCUT2D eigenvalue weighted by atomic mass is 16.8. The predicted octanol–water partition coefficient (Wildman–Crippen LogP) is 3.01. The normalized spacial score (nSPS) is 21.6. The average molecular weight is 376 g/mol. The van der Waals surface area contributed by atoms with E-state index in [1.165, 1.54) is 20.0 Å². The van der Waals surface area contributed by atoms with Crippen molar-refractivity contribution in [1.82, 2.24) is 0 Å². The molecule has 0 unspecified atom stereocenters. The SMILES string of the molecule is COC(=O)[C@H](C)[N+]1(OC(=O)[C@H](O)c2ccccc2C2CCCC2)CCCC1. The van der Waals surface area contributed by atoms with Crippen molar-refractivity contribution in [2.75, 3.05) is 20.2 Å². The van der Waals surface area contributed by atoms with Gasteiger partial charge in [0.15, 0.2) is 6.10 Å². The molecule has 1 saturated heterocycles. The van der Waals surface area contributed by atoms with Gasteiger partial charge in [-0.05, 0) is 29.9 Å². The maximum atomic E-state index is 12.8. The number of hydroxylamine groups is 3. The van der Waals surface area contributed by atoms with E-state index in [2.05, 4.69) is 0 Å². The lowest BCUT2D eigenvalue weighted by Gasteiger charge is -2.34. The summed E-state index contributed by atoms with van der Waals surface area (Å²) in [5, 5.41) is 10.8. The fourth-order valence-corrected chi connectivity index (χ4v) is 4.52. The van der Waals surface area contributed by atoms with Crippen molar-refractivity contribution in [2.45, 2.75) is 63.5 Å². The molecule has 1 aliphatic carbocycles. The van der Waals surface area contributed by atoms with Gasteiger partial charge in [0.1, 0.15) is 13.1 Å². The van der Waals surface area contributed by atoms with E-state index in [1.807, 2.05) is 18.2 Å². The lowest BCUT2D eigenvalue weighted by Crippen LogP contribution is -2.57. The summed E-state index contributed by atoms with van der Waals surface area (Å²) in [6.07, 6.45) is 4.90. The van der Waals surface area contributed by atoms with Crippen molar-refractivity contribution in [3.8, 4) is 0 Å². The van der Waals surface area contributed by atoms with Crippen LogP contribution in [0, 0.1) is 0 Å². The first kappa shape index (κ1) is 19.8. The molecule has 1 saturated carbocycles. The number of quaternary nitrogens is 1. The number of benzene rings is 1. The first-order valence-corrected chi connectivity index (χ1v) is 9.93. The summed E-state index contributed by atoms with van der Waals surface area (Å²) in [7, 11) is 1.33. The Morgan fingerprint density at radius 3 is 2.33 bits per heavy atom. The van der Waals surface area contributed by atoms with Gasteiger partial charge < -0.3 is 9.84 Å². The molecule has 2 atom stereocenters. The van der Waals surface area contributed by atoms with Gasteiger partial charge in [0.2, 0.25) is 6.04 Å². The summed E-state index contributed by atoms with van der Waals surface area (Å²) in [4.78, 5) is 30.7. The average Bonchev–Trinajstić information content (AvgIpc) is 3.39. The molecule has 148 valence electrons. The van der Waals surface area contributed by atoms with Crippen molar-refractivity contribution in [1.29, 1.82) is 0 Å². The number of hydrogen-bond acceptors (Lipinski definition) is 5. The first-order chi connectivity index (χ1) is 13.0. The minimum absolute atomic E-state index is 0.103. The molecule has 0 bridgehead atoms. The van der Waals surface area contributed by atoms with Crippen LogP contribution in [0.25, 0.3) is 0 Å². The summed E-state index contributed by atoms with van der Waals surface area (Å²) in [6.45, 7) is 2.82. The molecule has 0 aromatic heterocycles. The fraction of sp³-hybridized carbons (Fsp3) is 0.619. The summed E-state index contributed by atoms with van der Waals surface area (Å²) >= 11 is 0. The Labute approximate surface area is 160 Å². The zero-order valence-electron chi connectivity index (χ0n) is 16.2. The number of carbonyl (C=O) groups excluding carboxylic acids is 2. The zero-order valence-corrected chi connectivity index (χ0v) is 16.2. The van der Waals surface area contributed by atoms with Crippen LogP contribution in [0.1, 0.15) is 68.6 Å². The molecule has 2 fully saturated rings. The topological polar surface area (TPSA) is 72.8 Å². The number of esters is 1. The van der Waals surface area contributed by atoms with E-state index in [0.717, 1.165) is 31.2 Å². The third-order valence-corrected chi connectivity index (χ3v) is 6.15. The number of likely N-dealkylation sites (tertiary alicyclic amines) is 1. The second-order valence-electron chi connectivity index (χ2n) is 7.73. The van der Waals surface area contributed by atoms with Crippen LogP contribution >= 0.6 is 0 Å². The maximum absolute atomic E-state index is 12.8. The van der Waals surface area contributed by atoms with Crippen LogP contribution in [0.5, 0.6) is 0 Å². The Bertz CT molecular complexity index is 677. The molecule has 1 aliphatic heterocycles. The van der Waals surface area contributed by atoms with Crippen molar-refractivity contribution in [3.05, 3.63) is 35.4 Å². The Hall–Kier alpha value is -1.92. The quantitative estimate of drug-likeness (QED) is 0.610. The molecule has 27 heavy (non-hydrogen) atoms. The standard InChI is InChI=1S/C21H30NO5/c1-15(20(24)26-2)22(13-7-8-14-22)27-21(25)19(23)18-12-6-5-11-17(18)16-9-3-4-10-16/h5-6,11-12,15-16,19,23H,3-4,7-10,13-14H2,1-2H3/q+1/t15-,19+/m0/s1. The van der Waals surface area contributed by atoms with Gasteiger partial charge >= 0.3 is 11.9 Å². The molecule has 1 aromatic carbocycles. The molecule has 1 N–H and O–H groups in total. The van der Waals surface area contributed by atoms with Gasteiger partial charge in [0, 0.05) is 19.8 Å². The highest BCUT2D eigenvalue weighted by molar-refractivity contribution is 5.77. The smallest absolute Gasteiger partial charge is 0.399 e. The Morgan fingerprint density at radius 1 is 1.07 bits per heavy atom. The largest absolute Gasteiger partial charge is 0.465 e. The predicted molar refractivity (Wildman–Crippen MR) is 99.4 cm³/mol. The van der Waals surface area contributed by atoms with Gasteiger partial charge in [-0.2, -0.15) is 0 Å². The zero-order chi connectivity index (χ0) is 19.4. The van der Waals surface area contributed by atoms with Crippen molar-refractivity contribution < 1.29 is 28.9 Å². The van der Waals surface area contributed by atoms with Crippen LogP contribution in [0.2, 0.25) is 0 Å². The number of ether oxygens (including phenoxy) is 1. The van der Waals surface area contributed by atoms with Gasteiger partial charge in [-0.25, -0.2) is 9.59 Å². The second kappa shape index (κ2) is 8.40. The monoisotopic (exact) mass is 376 g/mol. The van der Waals surface area contributed by atoms with Gasteiger partial charge in [0.05, 0.1) is 7.11 Å². The van der Waals surface area contributed by atoms with Crippen LogP contribution in [0.15, 0.2) is 24.3 Å². The van der Waals surface area contributed by atoms with Crippen LogP contribution in [-0.2, 0) is 19.2 Å². The highest BCUT2D eigenvalue weighted by Gasteiger charge is 2.48. The van der Waals surface area contributed by atoms with E-state index >= 15 is 0 Å². The molecule has 1 aromatic rings. The first-order valence-electron chi connectivity index (χ1n) is 9.93. The lowest BCUT2D eigenvalue weighted by atomic mass is 9.90. The summed E-state index contributed by atoms with van der Waals surface area (Å²) in [5.41, 5.74) is 1.66. The Kier molecular flexibility index (Phi) is 6.17. The summed E-state index contributed by atoms with van der Waals surface area (Å²) < 4.78 is 4.75. The molecule has 6 heteroatoms. The molecule has 0 radical (unpaired) electrons. The molecule has 0 amide bonds. The molecule has 1 heterocycles. The minimum Gasteiger partial charge on any atom is -0.465 e. The van der Waals surface area contributed by atoms with Crippen molar-refractivity contribution >= 4 is 11.9 Å². The number of hydrogen-bond donors (Lipinski definition) is 1. The van der Waals surface area contributed by atoms with Gasteiger partial charge in [0.25, 0.3) is 0 Å². The molecule has 2 aliphatic rings. The fourth-order valence-electron chi connectivity index (χ4n) is 4.52. The maximum Gasteiger partial charge on any atom is 0.399 e. The number of nitrogens with zero attached hydrogens (tertiary/aromatic N) is 1. The molecular formula is C21H30NO5+. The van der Waals surface area contributed by atoms with E-state index < -0.39 is 24.1 Å². The van der Waals surface area contributed by atoms with Gasteiger partial charge in [-0.3, -0.25) is 4.84 Å².